The summed E-state index contributed by atoms with van der Waals surface area (Å²) in [7, 11) is 1.90. The third-order valence-corrected chi connectivity index (χ3v) is 7.11. The van der Waals surface area contributed by atoms with Crippen molar-refractivity contribution in [2.45, 2.75) is 63.2 Å². The molecule has 3 heterocycles. The first-order valence-corrected chi connectivity index (χ1v) is 10.9. The number of carbonyl (C=O) groups is 1. The zero-order chi connectivity index (χ0) is 19.0. The Balaban J connectivity index is 1.79. The fraction of sp³-hybridized carbons (Fsp3) is 0.632. The minimum absolute atomic E-state index is 0.0520. The second kappa shape index (κ2) is 7.58. The smallest absolute Gasteiger partial charge is 0.270 e. The topological polar surface area (TPSA) is 84.7 Å². The lowest BCUT2D eigenvalue weighted by molar-refractivity contribution is -0.113. The van der Waals surface area contributed by atoms with Gasteiger partial charge >= 0.3 is 0 Å². The average Bonchev–Trinajstić information content (AvgIpc) is 3.03. The van der Waals surface area contributed by atoms with Crippen LogP contribution in [0, 0.1) is 6.92 Å². The van der Waals surface area contributed by atoms with E-state index in [2.05, 4.69) is 15.5 Å². The number of thioether (sulfide) groups is 1. The molecular weight excluding hydrogens is 362 g/mol. The van der Waals surface area contributed by atoms with Crippen LogP contribution in [0.5, 0.6) is 0 Å². The summed E-state index contributed by atoms with van der Waals surface area (Å²) >= 11 is 1.50. The largest absolute Gasteiger partial charge is 0.310 e. The highest BCUT2D eigenvalue weighted by molar-refractivity contribution is 8.00. The summed E-state index contributed by atoms with van der Waals surface area (Å²) in [6.07, 6.45) is 9.99. The van der Waals surface area contributed by atoms with Crippen molar-refractivity contribution in [1.82, 2.24) is 19.6 Å². The van der Waals surface area contributed by atoms with Crippen LogP contribution in [0.1, 0.15) is 73.1 Å². The van der Waals surface area contributed by atoms with Crippen molar-refractivity contribution in [1.29, 1.82) is 0 Å². The van der Waals surface area contributed by atoms with Crippen molar-refractivity contribution in [3.05, 3.63) is 33.4 Å². The van der Waals surface area contributed by atoms with Gasteiger partial charge in [-0.3, -0.25) is 24.1 Å². The lowest BCUT2D eigenvalue weighted by Crippen LogP contribution is -2.20. The molecule has 2 aromatic rings. The van der Waals surface area contributed by atoms with Crippen molar-refractivity contribution >= 4 is 23.5 Å². The molecule has 1 aliphatic carbocycles. The summed E-state index contributed by atoms with van der Waals surface area (Å²) in [5.74, 6) is 0.940. The predicted molar refractivity (Wildman–Crippen MR) is 107 cm³/mol. The van der Waals surface area contributed by atoms with Gasteiger partial charge in [0.25, 0.3) is 5.56 Å². The summed E-state index contributed by atoms with van der Waals surface area (Å²) in [4.78, 5) is 25.4. The molecule has 2 N–H and O–H groups in total. The Kier molecular flexibility index (Phi) is 5.16. The summed E-state index contributed by atoms with van der Waals surface area (Å²) in [5, 5.41) is 10.2. The van der Waals surface area contributed by atoms with Crippen LogP contribution in [0.4, 0.5) is 5.82 Å². The normalized spacial score (nSPS) is 21.9. The lowest BCUT2D eigenvalue weighted by atomic mass is 9.97. The van der Waals surface area contributed by atoms with Gasteiger partial charge in [-0.05, 0) is 19.8 Å². The number of hydrogen-bond donors (Lipinski definition) is 2. The first kappa shape index (κ1) is 18.4. The van der Waals surface area contributed by atoms with Gasteiger partial charge in [-0.15, -0.1) is 11.8 Å². The number of aryl methyl sites for hydroxylation is 1. The molecule has 0 saturated heterocycles. The molecule has 27 heavy (non-hydrogen) atoms. The zero-order valence-electron chi connectivity index (χ0n) is 16.0. The van der Waals surface area contributed by atoms with E-state index in [-0.39, 0.29) is 22.8 Å². The Morgan fingerprint density at radius 2 is 1.85 bits per heavy atom. The Hall–Kier alpha value is -1.96. The molecular formula is C19H27N5O2S. The van der Waals surface area contributed by atoms with Gasteiger partial charge in [0.1, 0.15) is 5.82 Å². The van der Waals surface area contributed by atoms with E-state index in [4.69, 9.17) is 0 Å². The highest BCUT2D eigenvalue weighted by Crippen LogP contribution is 2.42. The standard InChI is InChI=1S/C19H27N5O2S/c1-12-14(10-20-23(12)2)17-16-18(21-15(25)11-27-17)24(22-19(16)26)13-8-6-4-3-5-7-9-13/h10,13,17H,3-9,11H2,1-2H3,(H,21,25)(H,22,26)/t17-/m0/s1. The first-order valence-electron chi connectivity index (χ1n) is 9.80. The third-order valence-electron chi connectivity index (χ3n) is 5.86. The summed E-state index contributed by atoms with van der Waals surface area (Å²) < 4.78 is 3.77. The number of rotatable bonds is 2. The molecule has 1 fully saturated rings. The first-order chi connectivity index (χ1) is 13.1. The van der Waals surface area contributed by atoms with E-state index in [1.165, 1.54) is 31.0 Å². The van der Waals surface area contributed by atoms with E-state index in [0.717, 1.165) is 36.9 Å². The highest BCUT2D eigenvalue weighted by Gasteiger charge is 2.33. The van der Waals surface area contributed by atoms with Crippen LogP contribution in [0.25, 0.3) is 0 Å². The Morgan fingerprint density at radius 3 is 2.52 bits per heavy atom. The van der Waals surface area contributed by atoms with E-state index < -0.39 is 0 Å². The van der Waals surface area contributed by atoms with Gasteiger partial charge in [-0.1, -0.05) is 32.1 Å². The highest BCUT2D eigenvalue weighted by atomic mass is 32.2. The molecule has 2 aromatic heterocycles. The molecule has 0 unspecified atom stereocenters. The van der Waals surface area contributed by atoms with Crippen molar-refractivity contribution in [3.8, 4) is 0 Å². The number of aromatic nitrogens is 4. The second-order valence-electron chi connectivity index (χ2n) is 7.62. The number of fused-ring (bicyclic) bond motifs is 1. The van der Waals surface area contributed by atoms with E-state index in [1.54, 1.807) is 0 Å². The number of aromatic amines is 1. The summed E-state index contributed by atoms with van der Waals surface area (Å²) in [5.41, 5.74) is 2.58. The van der Waals surface area contributed by atoms with Crippen LogP contribution in [0.3, 0.4) is 0 Å². The quantitative estimate of drug-likeness (QED) is 0.825. The van der Waals surface area contributed by atoms with Crippen LogP contribution in [-0.4, -0.2) is 31.2 Å². The molecule has 2 aliphatic rings. The number of hydrogen-bond acceptors (Lipinski definition) is 4. The molecule has 4 rings (SSSR count). The molecule has 0 aromatic carbocycles. The lowest BCUT2D eigenvalue weighted by Gasteiger charge is -2.23. The number of anilines is 1. The van der Waals surface area contributed by atoms with Gasteiger partial charge in [0.05, 0.1) is 28.8 Å². The van der Waals surface area contributed by atoms with Crippen molar-refractivity contribution in [3.63, 3.8) is 0 Å². The molecule has 1 aliphatic heterocycles. The maximum absolute atomic E-state index is 13.0. The van der Waals surface area contributed by atoms with Gasteiger partial charge in [-0.25, -0.2) is 0 Å². The monoisotopic (exact) mass is 389 g/mol. The number of nitrogens with one attached hydrogen (secondary N) is 2. The number of nitrogens with zero attached hydrogens (tertiary/aromatic N) is 3. The third kappa shape index (κ3) is 3.47. The van der Waals surface area contributed by atoms with Gasteiger partial charge in [0, 0.05) is 18.3 Å². The summed E-state index contributed by atoms with van der Waals surface area (Å²) in [6, 6.07) is 0.237. The summed E-state index contributed by atoms with van der Waals surface area (Å²) in [6.45, 7) is 2.00. The van der Waals surface area contributed by atoms with Gasteiger partial charge in [0.2, 0.25) is 5.91 Å². The number of carbonyl (C=O) groups excluding carboxylic acids is 1. The molecule has 7 nitrogen and oxygen atoms in total. The maximum Gasteiger partial charge on any atom is 0.270 e. The second-order valence-corrected chi connectivity index (χ2v) is 8.71. The molecule has 1 amide bonds. The van der Waals surface area contributed by atoms with Crippen molar-refractivity contribution in [2.75, 3.05) is 11.1 Å². The van der Waals surface area contributed by atoms with Crippen LogP contribution in [0.15, 0.2) is 11.0 Å². The Bertz CT molecular complexity index is 889. The average molecular weight is 390 g/mol. The Morgan fingerprint density at radius 1 is 1.15 bits per heavy atom. The molecule has 1 saturated carbocycles. The fourth-order valence-corrected chi connectivity index (χ4v) is 5.42. The zero-order valence-corrected chi connectivity index (χ0v) is 16.8. The fourth-order valence-electron chi connectivity index (χ4n) is 4.23. The van der Waals surface area contributed by atoms with E-state index in [1.807, 2.05) is 29.5 Å². The van der Waals surface area contributed by atoms with Crippen LogP contribution in [-0.2, 0) is 11.8 Å². The molecule has 1 atom stereocenters. The van der Waals surface area contributed by atoms with Crippen molar-refractivity contribution < 1.29 is 4.79 Å². The van der Waals surface area contributed by atoms with E-state index >= 15 is 0 Å². The van der Waals surface area contributed by atoms with Crippen LogP contribution < -0.4 is 10.9 Å². The minimum Gasteiger partial charge on any atom is -0.310 e. The molecule has 8 heteroatoms. The van der Waals surface area contributed by atoms with E-state index in [9.17, 15) is 9.59 Å². The number of amides is 1. The van der Waals surface area contributed by atoms with Gasteiger partial charge in [0.15, 0.2) is 0 Å². The maximum atomic E-state index is 13.0. The van der Waals surface area contributed by atoms with Crippen LogP contribution in [0.2, 0.25) is 0 Å². The molecule has 146 valence electrons. The van der Waals surface area contributed by atoms with Gasteiger partial charge in [-0.2, -0.15) is 5.10 Å². The van der Waals surface area contributed by atoms with E-state index in [0.29, 0.717) is 17.1 Å². The molecule has 0 bridgehead atoms. The van der Waals surface area contributed by atoms with Crippen LogP contribution >= 0.6 is 11.8 Å². The SMILES string of the molecule is Cc1c([C@@H]2SCC(=O)Nc3c2c(=O)[nH]n3C2CCCCCCC2)cnn1C. The Labute approximate surface area is 162 Å². The molecule has 0 spiro atoms. The minimum atomic E-state index is -0.189. The molecule has 0 radical (unpaired) electrons. The van der Waals surface area contributed by atoms with Crippen molar-refractivity contribution in [2.24, 2.45) is 7.05 Å². The number of H-pyrrole nitrogens is 1. The predicted octanol–water partition coefficient (Wildman–Crippen LogP) is 3.28. The van der Waals surface area contributed by atoms with Gasteiger partial charge < -0.3 is 5.32 Å².